The number of rotatable bonds is 4. The summed E-state index contributed by atoms with van der Waals surface area (Å²) in [5.74, 6) is -0.358. The lowest BCUT2D eigenvalue weighted by atomic mass is 10.4. The van der Waals surface area contributed by atoms with Crippen LogP contribution in [-0.4, -0.2) is 35.6 Å². The van der Waals surface area contributed by atoms with Gasteiger partial charge in [-0.2, -0.15) is 0 Å². The van der Waals surface area contributed by atoms with Gasteiger partial charge in [-0.25, -0.2) is 5.48 Å². The minimum Gasteiger partial charge on any atom is -0.295 e. The van der Waals surface area contributed by atoms with Crippen molar-refractivity contribution in [2.24, 2.45) is 0 Å². The van der Waals surface area contributed by atoms with Gasteiger partial charge in [0.25, 0.3) is 5.91 Å². The monoisotopic (exact) mass is 182 g/mol. The molecule has 0 saturated carbocycles. The first-order valence-corrected chi connectivity index (χ1v) is 3.39. The summed E-state index contributed by atoms with van der Waals surface area (Å²) in [6.07, 6.45) is 0. The van der Waals surface area contributed by atoms with Gasteiger partial charge in [0.05, 0.1) is 6.54 Å². The van der Waals surface area contributed by atoms with Crippen molar-refractivity contribution >= 4 is 18.3 Å². The van der Waals surface area contributed by atoms with Gasteiger partial charge in [-0.3, -0.25) is 14.9 Å². The summed E-state index contributed by atoms with van der Waals surface area (Å²) in [5.41, 5.74) is 1.58. The third-order valence-corrected chi connectivity index (χ3v) is 1.39. The normalized spacial score (nSPS) is 9.09. The van der Waals surface area contributed by atoms with E-state index < -0.39 is 0 Å². The van der Waals surface area contributed by atoms with Gasteiger partial charge in [-0.05, 0) is 13.1 Å². The molecule has 0 spiro atoms. The minimum atomic E-state index is -0.358. The molecule has 0 saturated heterocycles. The number of carbonyl (C=O) groups is 1. The lowest BCUT2D eigenvalue weighted by Gasteiger charge is -2.15. The van der Waals surface area contributed by atoms with Crippen LogP contribution in [0.5, 0.6) is 0 Å². The molecule has 68 valence electrons. The Kier molecular flexibility index (Phi) is 9.40. The highest BCUT2D eigenvalue weighted by molar-refractivity contribution is 5.85. The van der Waals surface area contributed by atoms with E-state index in [0.29, 0.717) is 0 Å². The SMILES string of the molecule is CCN(CC)CC(=O)NO.Cl. The molecule has 4 nitrogen and oxygen atoms in total. The summed E-state index contributed by atoms with van der Waals surface area (Å²) in [6, 6.07) is 0. The molecular weight excluding hydrogens is 168 g/mol. The summed E-state index contributed by atoms with van der Waals surface area (Å²) >= 11 is 0. The van der Waals surface area contributed by atoms with Crippen molar-refractivity contribution in [1.82, 2.24) is 10.4 Å². The lowest BCUT2D eigenvalue weighted by Crippen LogP contribution is -2.35. The highest BCUT2D eigenvalue weighted by atomic mass is 35.5. The van der Waals surface area contributed by atoms with Gasteiger partial charge in [0.2, 0.25) is 0 Å². The molecule has 0 rings (SSSR count). The summed E-state index contributed by atoms with van der Waals surface area (Å²) in [6.45, 7) is 5.85. The topological polar surface area (TPSA) is 52.6 Å². The fourth-order valence-corrected chi connectivity index (χ4v) is 0.686. The lowest BCUT2D eigenvalue weighted by molar-refractivity contribution is -0.130. The van der Waals surface area contributed by atoms with Crippen molar-refractivity contribution in [3.63, 3.8) is 0 Å². The van der Waals surface area contributed by atoms with E-state index in [0.717, 1.165) is 13.1 Å². The van der Waals surface area contributed by atoms with E-state index in [2.05, 4.69) is 0 Å². The van der Waals surface area contributed by atoms with Crippen molar-refractivity contribution in [2.75, 3.05) is 19.6 Å². The van der Waals surface area contributed by atoms with Crippen molar-refractivity contribution < 1.29 is 10.0 Å². The van der Waals surface area contributed by atoms with Crippen LogP contribution in [0.15, 0.2) is 0 Å². The molecule has 0 radical (unpaired) electrons. The van der Waals surface area contributed by atoms with E-state index in [9.17, 15) is 4.79 Å². The quantitative estimate of drug-likeness (QED) is 0.484. The van der Waals surface area contributed by atoms with Crippen LogP contribution in [0.2, 0.25) is 0 Å². The van der Waals surface area contributed by atoms with Gasteiger partial charge in [-0.1, -0.05) is 13.8 Å². The fraction of sp³-hybridized carbons (Fsp3) is 0.833. The Morgan fingerprint density at radius 1 is 1.45 bits per heavy atom. The van der Waals surface area contributed by atoms with E-state index in [4.69, 9.17) is 5.21 Å². The molecule has 0 aromatic heterocycles. The highest BCUT2D eigenvalue weighted by Crippen LogP contribution is 1.84. The van der Waals surface area contributed by atoms with E-state index in [1.54, 1.807) is 5.48 Å². The third-order valence-electron chi connectivity index (χ3n) is 1.39. The molecule has 0 bridgehead atoms. The van der Waals surface area contributed by atoms with E-state index in [-0.39, 0.29) is 24.9 Å². The molecule has 0 aliphatic carbocycles. The second-order valence-electron chi connectivity index (χ2n) is 2.00. The Labute approximate surface area is 72.9 Å². The second-order valence-corrected chi connectivity index (χ2v) is 2.00. The average molecular weight is 183 g/mol. The summed E-state index contributed by atoms with van der Waals surface area (Å²) in [4.78, 5) is 12.4. The van der Waals surface area contributed by atoms with Crippen LogP contribution in [0, 0.1) is 0 Å². The Balaban J connectivity index is 0. The first-order chi connectivity index (χ1) is 4.74. The Morgan fingerprint density at radius 3 is 2.18 bits per heavy atom. The standard InChI is InChI=1S/C6H14N2O2.ClH/c1-3-8(4-2)5-6(9)7-10;/h10H,3-5H2,1-2H3,(H,7,9);1H. The minimum absolute atomic E-state index is 0. The predicted molar refractivity (Wildman–Crippen MR) is 45.0 cm³/mol. The van der Waals surface area contributed by atoms with Gasteiger partial charge >= 0.3 is 0 Å². The largest absolute Gasteiger partial charge is 0.295 e. The Hall–Kier alpha value is -0.320. The van der Waals surface area contributed by atoms with Gasteiger partial charge < -0.3 is 0 Å². The van der Waals surface area contributed by atoms with Crippen LogP contribution < -0.4 is 5.48 Å². The van der Waals surface area contributed by atoms with Crippen molar-refractivity contribution in [3.05, 3.63) is 0 Å². The molecule has 1 amide bonds. The maximum Gasteiger partial charge on any atom is 0.257 e. The number of halogens is 1. The van der Waals surface area contributed by atoms with Gasteiger partial charge in [0.1, 0.15) is 0 Å². The smallest absolute Gasteiger partial charge is 0.257 e. The van der Waals surface area contributed by atoms with Crippen LogP contribution in [0.4, 0.5) is 0 Å². The molecule has 0 aromatic carbocycles. The maximum atomic E-state index is 10.5. The summed E-state index contributed by atoms with van der Waals surface area (Å²) in [5, 5.41) is 8.15. The van der Waals surface area contributed by atoms with E-state index >= 15 is 0 Å². The van der Waals surface area contributed by atoms with Gasteiger partial charge in [0, 0.05) is 0 Å². The molecular formula is C6H15ClN2O2. The molecule has 0 aromatic rings. The van der Waals surface area contributed by atoms with Crippen LogP contribution in [0.25, 0.3) is 0 Å². The molecule has 0 fully saturated rings. The molecule has 5 heteroatoms. The van der Waals surface area contributed by atoms with Crippen LogP contribution in [0.3, 0.4) is 0 Å². The van der Waals surface area contributed by atoms with Crippen LogP contribution in [0.1, 0.15) is 13.8 Å². The number of hydrogen-bond acceptors (Lipinski definition) is 3. The zero-order valence-electron chi connectivity index (χ0n) is 6.83. The summed E-state index contributed by atoms with van der Waals surface area (Å²) < 4.78 is 0. The number of likely N-dealkylation sites (N-methyl/N-ethyl adjacent to an activating group) is 1. The van der Waals surface area contributed by atoms with E-state index in [1.165, 1.54) is 0 Å². The first-order valence-electron chi connectivity index (χ1n) is 3.39. The molecule has 0 unspecified atom stereocenters. The number of hydroxylamine groups is 1. The van der Waals surface area contributed by atoms with Crippen molar-refractivity contribution in [3.8, 4) is 0 Å². The van der Waals surface area contributed by atoms with E-state index in [1.807, 2.05) is 18.7 Å². The molecule has 0 atom stereocenters. The molecule has 2 N–H and O–H groups in total. The first kappa shape index (κ1) is 13.3. The Bertz CT molecular complexity index is 107. The van der Waals surface area contributed by atoms with Gasteiger partial charge in [-0.15, -0.1) is 12.4 Å². The average Bonchev–Trinajstić information content (AvgIpc) is 1.99. The van der Waals surface area contributed by atoms with Crippen molar-refractivity contribution in [1.29, 1.82) is 0 Å². The fourth-order valence-electron chi connectivity index (χ4n) is 0.686. The third kappa shape index (κ3) is 6.09. The maximum absolute atomic E-state index is 10.5. The predicted octanol–water partition coefficient (Wildman–Crippen LogP) is 0.255. The molecule has 0 aliphatic rings. The second kappa shape index (κ2) is 7.78. The molecule has 11 heavy (non-hydrogen) atoms. The summed E-state index contributed by atoms with van der Waals surface area (Å²) in [7, 11) is 0. The molecule has 0 heterocycles. The number of amides is 1. The zero-order valence-corrected chi connectivity index (χ0v) is 7.65. The number of nitrogens with zero attached hydrogens (tertiary/aromatic N) is 1. The number of carbonyl (C=O) groups excluding carboxylic acids is 1. The van der Waals surface area contributed by atoms with Crippen LogP contribution >= 0.6 is 12.4 Å². The zero-order chi connectivity index (χ0) is 7.98. The Morgan fingerprint density at radius 2 is 1.91 bits per heavy atom. The number of hydrogen-bond donors (Lipinski definition) is 2. The number of nitrogens with one attached hydrogen (secondary N) is 1. The molecule has 0 aliphatic heterocycles. The highest BCUT2D eigenvalue weighted by Gasteiger charge is 2.04. The van der Waals surface area contributed by atoms with Crippen molar-refractivity contribution in [2.45, 2.75) is 13.8 Å². The van der Waals surface area contributed by atoms with Crippen LogP contribution in [-0.2, 0) is 4.79 Å². The van der Waals surface area contributed by atoms with Gasteiger partial charge in [0.15, 0.2) is 0 Å².